The number of nitrogens with one attached hydrogen (secondary N) is 2. The monoisotopic (exact) mass is 212 g/mol. The van der Waals surface area contributed by atoms with Crippen LogP contribution in [0.4, 0.5) is 0 Å². The molecule has 0 radical (unpaired) electrons. The van der Waals surface area contributed by atoms with Crippen molar-refractivity contribution in [3.8, 4) is 6.19 Å². The van der Waals surface area contributed by atoms with Gasteiger partial charge in [-0.1, -0.05) is 11.8 Å². The first-order valence-corrected chi connectivity index (χ1v) is 6.01. The molecule has 0 aliphatic carbocycles. The summed E-state index contributed by atoms with van der Waals surface area (Å²) in [7, 11) is 0. The van der Waals surface area contributed by atoms with Gasteiger partial charge in [-0.15, -0.1) is 0 Å². The minimum absolute atomic E-state index is 0.353. The number of rotatable bonds is 2. The molecule has 0 bridgehead atoms. The molecule has 0 spiro atoms. The second kappa shape index (κ2) is 5.89. The maximum atomic E-state index is 8.86. The molecule has 0 aromatic carbocycles. The van der Waals surface area contributed by atoms with Crippen LogP contribution in [0.1, 0.15) is 12.8 Å². The van der Waals surface area contributed by atoms with Crippen molar-refractivity contribution in [2.24, 2.45) is 5.92 Å². The van der Waals surface area contributed by atoms with E-state index < -0.39 is 0 Å². The van der Waals surface area contributed by atoms with Crippen LogP contribution in [-0.4, -0.2) is 36.0 Å². The number of nitrogens with zero attached hydrogens (tertiary/aromatic N) is 2. The number of piperidine rings is 1. The molecular formula is C9H16N4S. The van der Waals surface area contributed by atoms with Crippen molar-refractivity contribution in [1.29, 1.82) is 10.7 Å². The molecule has 1 aliphatic heterocycles. The van der Waals surface area contributed by atoms with E-state index in [1.807, 2.05) is 6.26 Å². The van der Waals surface area contributed by atoms with Gasteiger partial charge in [0, 0.05) is 6.54 Å². The first-order valence-electron chi connectivity index (χ1n) is 4.78. The maximum absolute atomic E-state index is 8.86. The lowest BCUT2D eigenvalue weighted by Crippen LogP contribution is -2.35. The molecule has 4 nitrogen and oxygen atoms in total. The highest BCUT2D eigenvalue weighted by molar-refractivity contribution is 8.13. The van der Waals surface area contributed by atoms with Crippen LogP contribution in [0.5, 0.6) is 0 Å². The first kappa shape index (κ1) is 11.3. The standard InChI is InChI=1S/C9H16N4S/c1-14-9(11)13(7-10)6-8-2-4-12-5-3-8/h8,11-12H,2-6H2,1H3. The third-order valence-electron chi connectivity index (χ3n) is 2.46. The molecule has 0 aromatic heterocycles. The highest BCUT2D eigenvalue weighted by Crippen LogP contribution is 2.14. The Morgan fingerprint density at radius 3 is 2.79 bits per heavy atom. The van der Waals surface area contributed by atoms with E-state index in [0.717, 1.165) is 25.9 Å². The Hall–Kier alpha value is -0.730. The molecule has 0 atom stereocenters. The normalized spacial score (nSPS) is 17.4. The molecule has 1 rings (SSSR count). The van der Waals surface area contributed by atoms with Gasteiger partial charge in [-0.05, 0) is 38.1 Å². The lowest BCUT2D eigenvalue weighted by atomic mass is 9.98. The largest absolute Gasteiger partial charge is 0.317 e. The second-order valence-corrected chi connectivity index (χ2v) is 4.21. The number of amidine groups is 1. The summed E-state index contributed by atoms with van der Waals surface area (Å²) < 4.78 is 0. The molecule has 0 aromatic rings. The van der Waals surface area contributed by atoms with Gasteiger partial charge in [0.2, 0.25) is 0 Å². The minimum Gasteiger partial charge on any atom is -0.317 e. The molecule has 5 heteroatoms. The van der Waals surface area contributed by atoms with E-state index in [4.69, 9.17) is 10.7 Å². The molecule has 1 saturated heterocycles. The predicted molar refractivity (Wildman–Crippen MR) is 59.2 cm³/mol. The van der Waals surface area contributed by atoms with Crippen molar-refractivity contribution >= 4 is 16.9 Å². The van der Waals surface area contributed by atoms with E-state index in [0.29, 0.717) is 17.6 Å². The molecule has 0 unspecified atom stereocenters. The summed E-state index contributed by atoms with van der Waals surface area (Å²) in [4.78, 5) is 1.49. The van der Waals surface area contributed by atoms with E-state index in [9.17, 15) is 0 Å². The summed E-state index contributed by atoms with van der Waals surface area (Å²) in [6, 6.07) is 0. The van der Waals surface area contributed by atoms with E-state index in [1.54, 1.807) is 0 Å². The Labute approximate surface area is 89.2 Å². The Kier molecular flexibility index (Phi) is 4.77. The Balaban J connectivity index is 2.39. The van der Waals surface area contributed by atoms with E-state index in [1.165, 1.54) is 16.7 Å². The van der Waals surface area contributed by atoms with Crippen LogP contribution in [0.15, 0.2) is 0 Å². The fourth-order valence-electron chi connectivity index (χ4n) is 1.60. The average molecular weight is 212 g/mol. The third kappa shape index (κ3) is 3.20. The zero-order valence-corrected chi connectivity index (χ0v) is 9.23. The predicted octanol–water partition coefficient (Wildman–Crippen LogP) is 1.07. The quantitative estimate of drug-likeness (QED) is 0.311. The Bertz CT molecular complexity index is 229. The summed E-state index contributed by atoms with van der Waals surface area (Å²) in [5.74, 6) is 0.559. The van der Waals surface area contributed by atoms with Crippen LogP contribution >= 0.6 is 11.8 Å². The molecule has 0 amide bonds. The van der Waals surface area contributed by atoms with Crippen molar-refractivity contribution in [3.63, 3.8) is 0 Å². The summed E-state index contributed by atoms with van der Waals surface area (Å²) in [5, 5.41) is 20.1. The van der Waals surface area contributed by atoms with Gasteiger partial charge < -0.3 is 5.32 Å². The zero-order chi connectivity index (χ0) is 10.4. The fraction of sp³-hybridized carbons (Fsp3) is 0.778. The first-order chi connectivity index (χ1) is 6.77. The van der Waals surface area contributed by atoms with Crippen molar-refractivity contribution in [1.82, 2.24) is 10.2 Å². The highest BCUT2D eigenvalue weighted by atomic mass is 32.2. The van der Waals surface area contributed by atoms with Gasteiger partial charge in [0.05, 0.1) is 0 Å². The zero-order valence-electron chi connectivity index (χ0n) is 8.42. The van der Waals surface area contributed by atoms with Gasteiger partial charge in [0.15, 0.2) is 11.4 Å². The smallest absolute Gasteiger partial charge is 0.185 e. The van der Waals surface area contributed by atoms with E-state index in [-0.39, 0.29) is 0 Å². The van der Waals surface area contributed by atoms with Crippen LogP contribution in [0.3, 0.4) is 0 Å². The highest BCUT2D eigenvalue weighted by Gasteiger charge is 2.18. The van der Waals surface area contributed by atoms with Gasteiger partial charge >= 0.3 is 0 Å². The molecule has 0 saturated carbocycles. The van der Waals surface area contributed by atoms with E-state index >= 15 is 0 Å². The topological polar surface area (TPSA) is 62.9 Å². The summed E-state index contributed by atoms with van der Waals surface area (Å²) in [6.07, 6.45) is 6.12. The summed E-state index contributed by atoms with van der Waals surface area (Å²) >= 11 is 1.32. The van der Waals surface area contributed by atoms with Crippen LogP contribution in [0.2, 0.25) is 0 Å². The average Bonchev–Trinajstić information content (AvgIpc) is 2.26. The van der Waals surface area contributed by atoms with Gasteiger partial charge in [-0.3, -0.25) is 10.3 Å². The minimum atomic E-state index is 0.353. The van der Waals surface area contributed by atoms with Crippen LogP contribution < -0.4 is 5.32 Å². The van der Waals surface area contributed by atoms with Crippen molar-refractivity contribution in [2.45, 2.75) is 12.8 Å². The second-order valence-electron chi connectivity index (χ2n) is 3.41. The molecule has 1 fully saturated rings. The number of hydrogen-bond acceptors (Lipinski definition) is 4. The van der Waals surface area contributed by atoms with Crippen molar-refractivity contribution < 1.29 is 0 Å². The fourth-order valence-corrected chi connectivity index (χ4v) is 1.94. The van der Waals surface area contributed by atoms with Crippen molar-refractivity contribution in [2.75, 3.05) is 25.9 Å². The van der Waals surface area contributed by atoms with Gasteiger partial charge in [-0.2, -0.15) is 5.26 Å². The SMILES string of the molecule is CSC(=N)N(C#N)CC1CCNCC1. The van der Waals surface area contributed by atoms with Crippen LogP contribution in [0, 0.1) is 22.8 Å². The Morgan fingerprint density at radius 2 is 2.29 bits per heavy atom. The maximum Gasteiger partial charge on any atom is 0.185 e. The number of hydrogen-bond donors (Lipinski definition) is 2. The molecule has 1 heterocycles. The van der Waals surface area contributed by atoms with E-state index in [2.05, 4.69) is 11.5 Å². The van der Waals surface area contributed by atoms with Crippen molar-refractivity contribution in [3.05, 3.63) is 0 Å². The summed E-state index contributed by atoms with van der Waals surface area (Å²) in [6.45, 7) is 2.78. The lowest BCUT2D eigenvalue weighted by Gasteiger charge is -2.26. The number of thioether (sulfide) groups is 1. The molecule has 78 valence electrons. The van der Waals surface area contributed by atoms with Gasteiger partial charge in [-0.25, -0.2) is 0 Å². The van der Waals surface area contributed by atoms with Gasteiger partial charge in [0.25, 0.3) is 0 Å². The molecule has 14 heavy (non-hydrogen) atoms. The van der Waals surface area contributed by atoms with Gasteiger partial charge in [0.1, 0.15) is 0 Å². The van der Waals surface area contributed by atoms with Crippen LogP contribution in [-0.2, 0) is 0 Å². The van der Waals surface area contributed by atoms with Crippen LogP contribution in [0.25, 0.3) is 0 Å². The lowest BCUT2D eigenvalue weighted by molar-refractivity contribution is 0.326. The molecule has 2 N–H and O–H groups in total. The molecular weight excluding hydrogens is 196 g/mol. The third-order valence-corrected chi connectivity index (χ3v) is 3.07. The molecule has 1 aliphatic rings. The number of nitriles is 1. The Morgan fingerprint density at radius 1 is 1.64 bits per heavy atom. The summed E-state index contributed by atoms with van der Waals surface area (Å²) in [5.41, 5.74) is 0.